The number of rotatable bonds is 8. The molecule has 0 aliphatic heterocycles. The molecule has 196 valence electrons. The molecular weight excluding hydrogens is 476 g/mol. The molecule has 0 bridgehead atoms. The molecule has 4 rings (SSSR count). The van der Waals surface area contributed by atoms with Crippen molar-refractivity contribution in [2.24, 2.45) is 18.9 Å². The highest BCUT2D eigenvalue weighted by Crippen LogP contribution is 2.42. The highest BCUT2D eigenvalue weighted by molar-refractivity contribution is 5.70. The lowest BCUT2D eigenvalue weighted by Crippen LogP contribution is -2.43. The molecule has 0 radical (unpaired) electrons. The number of alkyl halides is 2. The molecule has 2 saturated carbocycles. The van der Waals surface area contributed by atoms with Crippen LogP contribution in [-0.4, -0.2) is 67.7 Å². The third-order valence-corrected chi connectivity index (χ3v) is 6.84. The van der Waals surface area contributed by atoms with Gasteiger partial charge in [-0.2, -0.15) is 0 Å². The Morgan fingerprint density at radius 2 is 2.03 bits per heavy atom. The minimum Gasteiger partial charge on any atom is -0.489 e. The van der Waals surface area contributed by atoms with Crippen molar-refractivity contribution in [3.05, 3.63) is 23.5 Å². The van der Waals surface area contributed by atoms with Gasteiger partial charge in [-0.1, -0.05) is 5.21 Å². The maximum atomic E-state index is 13.1. The predicted octanol–water partition coefficient (Wildman–Crippen LogP) is 3.82. The molecule has 2 aromatic heterocycles. The monoisotopic (exact) mass is 507 g/mol. The lowest BCUT2D eigenvalue weighted by Gasteiger charge is -2.36. The summed E-state index contributed by atoms with van der Waals surface area (Å²) in [4.78, 5) is 29.6. The van der Waals surface area contributed by atoms with Crippen LogP contribution in [-0.2, 0) is 23.2 Å². The second-order valence-electron chi connectivity index (χ2n) is 9.80. The smallest absolute Gasteiger partial charge is 0.409 e. The summed E-state index contributed by atoms with van der Waals surface area (Å²) in [6.45, 7) is 1.90. The molecule has 0 aromatic carbocycles. The van der Waals surface area contributed by atoms with Crippen LogP contribution in [0.5, 0.6) is 5.75 Å². The average Bonchev–Trinajstić information content (AvgIpc) is 3.17. The van der Waals surface area contributed by atoms with Crippen molar-refractivity contribution < 1.29 is 33.0 Å². The predicted molar refractivity (Wildman–Crippen MR) is 123 cm³/mol. The second kappa shape index (κ2) is 10.4. The molecule has 0 unspecified atom stereocenters. The van der Waals surface area contributed by atoms with Crippen LogP contribution in [0.25, 0.3) is 11.4 Å². The quantitative estimate of drug-likeness (QED) is 0.573. The van der Waals surface area contributed by atoms with Crippen molar-refractivity contribution in [1.82, 2.24) is 24.9 Å². The lowest BCUT2D eigenvalue weighted by molar-refractivity contribution is -0.143. The Balaban J connectivity index is 1.38. The van der Waals surface area contributed by atoms with Crippen LogP contribution in [0.1, 0.15) is 49.9 Å². The fourth-order valence-electron chi connectivity index (χ4n) is 4.81. The van der Waals surface area contributed by atoms with Gasteiger partial charge in [0.05, 0.1) is 23.4 Å². The number of halogens is 2. The average molecular weight is 508 g/mol. The van der Waals surface area contributed by atoms with E-state index < -0.39 is 23.9 Å². The van der Waals surface area contributed by atoms with Gasteiger partial charge >= 0.3 is 12.1 Å². The highest BCUT2D eigenvalue weighted by atomic mass is 19.3. The van der Waals surface area contributed by atoms with E-state index in [4.69, 9.17) is 9.47 Å². The molecule has 0 saturated heterocycles. The van der Waals surface area contributed by atoms with Crippen molar-refractivity contribution in [2.45, 2.75) is 64.1 Å². The molecular formula is C24H31F2N5O5. The Bertz CT molecular complexity index is 1120. The number of hydrogen-bond acceptors (Lipinski definition) is 7. The van der Waals surface area contributed by atoms with E-state index in [-0.39, 0.29) is 38.0 Å². The first-order chi connectivity index (χ1) is 17.0. The number of aliphatic carboxylic acids is 1. The lowest BCUT2D eigenvalue weighted by atomic mass is 9.81. The number of carboxylic acid groups (broad SMARTS) is 1. The molecule has 2 aliphatic rings. The van der Waals surface area contributed by atoms with Gasteiger partial charge in [-0.25, -0.2) is 23.2 Å². The van der Waals surface area contributed by atoms with Crippen LogP contribution < -0.4 is 4.74 Å². The van der Waals surface area contributed by atoms with Crippen LogP contribution in [0.3, 0.4) is 0 Å². The third kappa shape index (κ3) is 5.90. The van der Waals surface area contributed by atoms with E-state index in [9.17, 15) is 23.5 Å². The fraction of sp³-hybridized carbons (Fsp3) is 0.625. The zero-order chi connectivity index (χ0) is 26.0. The van der Waals surface area contributed by atoms with Crippen LogP contribution in [0, 0.1) is 18.8 Å². The first-order valence-electron chi connectivity index (χ1n) is 12.0. The van der Waals surface area contributed by atoms with Gasteiger partial charge in [0.2, 0.25) is 5.92 Å². The maximum Gasteiger partial charge on any atom is 0.409 e. The number of aromatic nitrogens is 4. The second-order valence-corrected chi connectivity index (χ2v) is 9.80. The number of pyridine rings is 1. The van der Waals surface area contributed by atoms with Crippen molar-refractivity contribution in [1.29, 1.82) is 0 Å². The minimum absolute atomic E-state index is 0.111. The Morgan fingerprint density at radius 3 is 2.69 bits per heavy atom. The molecule has 2 heterocycles. The summed E-state index contributed by atoms with van der Waals surface area (Å²) in [6, 6.07) is 3.51. The van der Waals surface area contributed by atoms with Gasteiger partial charge < -0.3 is 19.5 Å². The van der Waals surface area contributed by atoms with E-state index >= 15 is 0 Å². The molecule has 36 heavy (non-hydrogen) atoms. The Kier molecular flexibility index (Phi) is 7.41. The fourth-order valence-corrected chi connectivity index (χ4v) is 4.81. The highest BCUT2D eigenvalue weighted by Gasteiger charge is 2.45. The van der Waals surface area contributed by atoms with Gasteiger partial charge in [-0.3, -0.25) is 4.79 Å². The number of ether oxygens (including phenoxy) is 2. The van der Waals surface area contributed by atoms with Crippen molar-refractivity contribution in [3.63, 3.8) is 0 Å². The molecule has 2 atom stereocenters. The van der Waals surface area contributed by atoms with Gasteiger partial charge in [-0.05, 0) is 50.7 Å². The first-order valence-corrected chi connectivity index (χ1v) is 12.0. The van der Waals surface area contributed by atoms with Gasteiger partial charge in [0.15, 0.2) is 0 Å². The standard InChI is InChI=1S/C24H31F2N5O5/c1-14-20(36-17-6-4-5-16(9-17)22(32)33)8-7-18(27-14)21-19(31(3)29-28-21)13-35-23(34)30(2)12-15-10-24(25,26)11-15/h7-8,15-17H,4-6,9-13H2,1-3H3,(H,32,33)/t16-,17-/m0/s1. The van der Waals surface area contributed by atoms with Gasteiger partial charge in [0.1, 0.15) is 23.7 Å². The molecule has 2 aliphatic carbocycles. The molecule has 1 amide bonds. The molecule has 2 aromatic rings. The number of hydrogen-bond donors (Lipinski definition) is 1. The van der Waals surface area contributed by atoms with E-state index in [1.54, 1.807) is 26.1 Å². The van der Waals surface area contributed by atoms with E-state index in [0.29, 0.717) is 41.4 Å². The molecule has 12 heteroatoms. The van der Waals surface area contributed by atoms with Crippen LogP contribution in [0.2, 0.25) is 0 Å². The van der Waals surface area contributed by atoms with E-state index in [1.807, 2.05) is 0 Å². The van der Waals surface area contributed by atoms with E-state index in [1.165, 1.54) is 16.6 Å². The van der Waals surface area contributed by atoms with Crippen LogP contribution in [0.4, 0.5) is 13.6 Å². The summed E-state index contributed by atoms with van der Waals surface area (Å²) in [5, 5.41) is 17.5. The number of carbonyl (C=O) groups excluding carboxylic acids is 1. The van der Waals surface area contributed by atoms with E-state index in [0.717, 1.165) is 12.8 Å². The number of aryl methyl sites for hydroxylation is 2. The molecule has 10 nitrogen and oxygen atoms in total. The maximum absolute atomic E-state index is 13.1. The first kappa shape index (κ1) is 25.8. The Morgan fingerprint density at radius 1 is 1.28 bits per heavy atom. The largest absolute Gasteiger partial charge is 0.489 e. The molecule has 1 N–H and O–H groups in total. The zero-order valence-corrected chi connectivity index (χ0v) is 20.6. The summed E-state index contributed by atoms with van der Waals surface area (Å²) in [5.74, 6) is -3.47. The van der Waals surface area contributed by atoms with Gasteiger partial charge in [0.25, 0.3) is 0 Å². The van der Waals surface area contributed by atoms with Crippen molar-refractivity contribution >= 4 is 12.1 Å². The molecule has 2 fully saturated rings. The van der Waals surface area contributed by atoms with Gasteiger partial charge in [0, 0.05) is 33.5 Å². The topological polar surface area (TPSA) is 120 Å². The summed E-state index contributed by atoms with van der Waals surface area (Å²) >= 11 is 0. The Labute approximate surface area is 207 Å². The van der Waals surface area contributed by atoms with Crippen LogP contribution in [0.15, 0.2) is 12.1 Å². The summed E-state index contributed by atoms with van der Waals surface area (Å²) < 4.78 is 39.1. The number of carbonyl (C=O) groups is 2. The summed E-state index contributed by atoms with van der Waals surface area (Å²) in [6.07, 6.45) is 1.50. The van der Waals surface area contributed by atoms with E-state index in [2.05, 4.69) is 15.3 Å². The van der Waals surface area contributed by atoms with Crippen molar-refractivity contribution in [2.75, 3.05) is 13.6 Å². The number of amides is 1. The Hall–Kier alpha value is -3.31. The van der Waals surface area contributed by atoms with Crippen LogP contribution >= 0.6 is 0 Å². The summed E-state index contributed by atoms with van der Waals surface area (Å²) in [5.41, 5.74) is 2.13. The molecule has 0 spiro atoms. The minimum atomic E-state index is -2.63. The van der Waals surface area contributed by atoms with Crippen molar-refractivity contribution in [3.8, 4) is 17.1 Å². The number of nitrogens with zero attached hydrogens (tertiary/aromatic N) is 5. The number of carboxylic acids is 1. The third-order valence-electron chi connectivity index (χ3n) is 6.84. The van der Waals surface area contributed by atoms with Gasteiger partial charge in [-0.15, -0.1) is 5.10 Å². The summed E-state index contributed by atoms with van der Waals surface area (Å²) in [7, 11) is 3.20. The SMILES string of the molecule is Cc1nc(-c2nnn(C)c2COC(=O)N(C)CC2CC(F)(F)C2)ccc1O[C@H]1CCC[C@H](C(=O)O)C1. The normalized spacial score (nSPS) is 21.5. The zero-order valence-electron chi connectivity index (χ0n) is 20.6.